The van der Waals surface area contributed by atoms with E-state index >= 15 is 0 Å². The van der Waals surface area contributed by atoms with Crippen molar-refractivity contribution in [2.45, 2.75) is 10.4 Å². The van der Waals surface area contributed by atoms with Crippen molar-refractivity contribution in [3.63, 3.8) is 0 Å². The Balaban J connectivity index is 2.07. The first-order chi connectivity index (χ1) is 11.5. The molecule has 1 aromatic carbocycles. The Hall–Kier alpha value is -1.62. The zero-order chi connectivity index (χ0) is 18.8. The predicted octanol–water partition coefficient (Wildman–Crippen LogP) is 3.68. The molecular formula is C14H12ClF3N2O3S2. The van der Waals surface area contributed by atoms with Gasteiger partial charge in [0, 0.05) is 12.7 Å². The average molecular weight is 413 g/mol. The van der Waals surface area contributed by atoms with Crippen molar-refractivity contribution in [2.75, 3.05) is 18.9 Å². The summed E-state index contributed by atoms with van der Waals surface area (Å²) in [7, 11) is -2.72. The van der Waals surface area contributed by atoms with Gasteiger partial charge in [-0.25, -0.2) is 8.42 Å². The number of nitrogens with one attached hydrogen (secondary N) is 1. The van der Waals surface area contributed by atoms with Crippen molar-refractivity contribution < 1.29 is 26.4 Å². The molecule has 5 nitrogen and oxygen atoms in total. The number of carbonyl (C=O) groups excluding carboxylic acids is 1. The summed E-state index contributed by atoms with van der Waals surface area (Å²) in [4.78, 5) is 11.9. The van der Waals surface area contributed by atoms with Crippen LogP contribution in [0.2, 0.25) is 4.34 Å². The van der Waals surface area contributed by atoms with E-state index in [1.807, 2.05) is 0 Å². The van der Waals surface area contributed by atoms with Crippen LogP contribution in [0.5, 0.6) is 0 Å². The van der Waals surface area contributed by atoms with Gasteiger partial charge in [-0.3, -0.25) is 4.79 Å². The molecule has 0 saturated heterocycles. The maximum absolute atomic E-state index is 12.7. The lowest BCUT2D eigenvalue weighted by Crippen LogP contribution is -2.34. The second-order valence-corrected chi connectivity index (χ2v) is 8.93. The molecule has 1 N–H and O–H groups in total. The molecule has 11 heteroatoms. The summed E-state index contributed by atoms with van der Waals surface area (Å²) in [5, 5.41) is 2.25. The molecule has 0 radical (unpaired) electrons. The monoisotopic (exact) mass is 412 g/mol. The summed E-state index contributed by atoms with van der Waals surface area (Å²) < 4.78 is 63.5. The minimum absolute atomic E-state index is 0.0353. The number of hydrogen-bond acceptors (Lipinski definition) is 4. The average Bonchev–Trinajstić information content (AvgIpc) is 2.93. The van der Waals surface area contributed by atoms with Crippen LogP contribution in [0.1, 0.15) is 5.56 Å². The van der Waals surface area contributed by atoms with E-state index in [1.54, 1.807) is 0 Å². The number of thiophene rings is 1. The van der Waals surface area contributed by atoms with Gasteiger partial charge >= 0.3 is 6.18 Å². The quantitative estimate of drug-likeness (QED) is 0.814. The van der Waals surface area contributed by atoms with Gasteiger partial charge in [-0.2, -0.15) is 17.5 Å². The first-order valence-electron chi connectivity index (χ1n) is 6.69. The van der Waals surface area contributed by atoms with E-state index in [4.69, 9.17) is 11.6 Å². The Morgan fingerprint density at radius 2 is 1.96 bits per heavy atom. The number of benzene rings is 1. The minimum atomic E-state index is -4.54. The molecule has 1 heterocycles. The largest absolute Gasteiger partial charge is 0.416 e. The zero-order valence-electron chi connectivity index (χ0n) is 12.7. The van der Waals surface area contributed by atoms with E-state index in [1.165, 1.54) is 25.2 Å². The maximum Gasteiger partial charge on any atom is 0.416 e. The normalized spacial score (nSPS) is 12.4. The molecule has 0 fully saturated rings. The van der Waals surface area contributed by atoms with Crippen molar-refractivity contribution in [1.82, 2.24) is 4.31 Å². The highest BCUT2D eigenvalue weighted by molar-refractivity contribution is 7.91. The Morgan fingerprint density at radius 1 is 1.28 bits per heavy atom. The third-order valence-electron chi connectivity index (χ3n) is 3.05. The molecule has 1 aromatic heterocycles. The maximum atomic E-state index is 12.7. The molecule has 0 aliphatic carbocycles. The van der Waals surface area contributed by atoms with E-state index in [0.717, 1.165) is 33.8 Å². The van der Waals surface area contributed by atoms with Crippen LogP contribution >= 0.6 is 22.9 Å². The highest BCUT2D eigenvalue weighted by Gasteiger charge is 2.30. The summed E-state index contributed by atoms with van der Waals surface area (Å²) in [6.45, 7) is -0.561. The second kappa shape index (κ2) is 7.32. The van der Waals surface area contributed by atoms with E-state index in [-0.39, 0.29) is 14.2 Å². The van der Waals surface area contributed by atoms with Crippen molar-refractivity contribution >= 4 is 44.6 Å². The third-order valence-corrected chi connectivity index (χ3v) is 6.55. The molecule has 136 valence electrons. The number of sulfonamides is 1. The van der Waals surface area contributed by atoms with Crippen molar-refractivity contribution in [3.05, 3.63) is 46.3 Å². The van der Waals surface area contributed by atoms with Crippen LogP contribution in [-0.4, -0.2) is 32.2 Å². The molecule has 0 aliphatic heterocycles. The lowest BCUT2D eigenvalue weighted by Gasteiger charge is -2.16. The van der Waals surface area contributed by atoms with Crippen molar-refractivity contribution in [1.29, 1.82) is 0 Å². The fourth-order valence-corrected chi connectivity index (χ4v) is 4.67. The third kappa shape index (κ3) is 4.94. The number of rotatable bonds is 5. The second-order valence-electron chi connectivity index (χ2n) is 4.95. The molecule has 25 heavy (non-hydrogen) atoms. The first kappa shape index (κ1) is 19.7. The van der Waals surface area contributed by atoms with Crippen LogP contribution in [0, 0.1) is 0 Å². The van der Waals surface area contributed by atoms with Gasteiger partial charge in [0.1, 0.15) is 4.21 Å². The molecule has 0 aliphatic rings. The van der Waals surface area contributed by atoms with Crippen LogP contribution in [-0.2, 0) is 21.0 Å². The number of hydrogen-bond donors (Lipinski definition) is 1. The molecule has 0 saturated carbocycles. The molecule has 1 amide bonds. The number of nitrogens with zero attached hydrogens (tertiary/aromatic N) is 1. The van der Waals surface area contributed by atoms with Gasteiger partial charge in [0.25, 0.3) is 10.0 Å². The molecule has 0 spiro atoms. The van der Waals surface area contributed by atoms with Gasteiger partial charge in [-0.05, 0) is 30.3 Å². The number of halogens is 4. The predicted molar refractivity (Wildman–Crippen MR) is 89.2 cm³/mol. The lowest BCUT2D eigenvalue weighted by molar-refractivity contribution is -0.137. The van der Waals surface area contributed by atoms with Crippen LogP contribution in [0.25, 0.3) is 0 Å². The molecule has 0 bridgehead atoms. The summed E-state index contributed by atoms with van der Waals surface area (Å²) in [5.74, 6) is -0.770. The Morgan fingerprint density at radius 3 is 2.52 bits per heavy atom. The minimum Gasteiger partial charge on any atom is -0.325 e. The Bertz CT molecular complexity index is 881. The fourth-order valence-electron chi connectivity index (χ4n) is 1.85. The van der Waals surface area contributed by atoms with Crippen molar-refractivity contribution in [3.8, 4) is 0 Å². The Labute approximate surface area is 151 Å². The van der Waals surface area contributed by atoms with Gasteiger partial charge in [-0.1, -0.05) is 17.7 Å². The highest BCUT2D eigenvalue weighted by Crippen LogP contribution is 2.31. The van der Waals surface area contributed by atoms with E-state index in [9.17, 15) is 26.4 Å². The van der Waals surface area contributed by atoms with E-state index in [0.29, 0.717) is 0 Å². The van der Waals surface area contributed by atoms with Crippen LogP contribution in [0.3, 0.4) is 0 Å². The SMILES string of the molecule is CN(CC(=O)Nc1cccc(C(F)(F)F)c1)S(=O)(=O)c1ccc(Cl)s1. The van der Waals surface area contributed by atoms with E-state index < -0.39 is 34.2 Å². The lowest BCUT2D eigenvalue weighted by atomic mass is 10.2. The Kier molecular flexibility index (Phi) is 5.77. The van der Waals surface area contributed by atoms with Crippen LogP contribution in [0.15, 0.2) is 40.6 Å². The molecule has 2 rings (SSSR count). The summed E-state index contributed by atoms with van der Waals surface area (Å²) in [5.41, 5.74) is -0.996. The topological polar surface area (TPSA) is 66.5 Å². The standard InChI is InChI=1S/C14H12ClF3N2O3S2/c1-20(25(22,23)13-6-5-11(15)24-13)8-12(21)19-10-4-2-3-9(7-10)14(16,17)18/h2-7H,8H2,1H3,(H,19,21). The smallest absolute Gasteiger partial charge is 0.325 e. The first-order valence-corrected chi connectivity index (χ1v) is 9.32. The molecule has 0 atom stereocenters. The molecular weight excluding hydrogens is 401 g/mol. The van der Waals surface area contributed by atoms with Crippen LogP contribution in [0.4, 0.5) is 18.9 Å². The molecule has 2 aromatic rings. The zero-order valence-corrected chi connectivity index (χ0v) is 15.1. The summed E-state index contributed by atoms with van der Waals surface area (Å²) >= 11 is 6.54. The fraction of sp³-hybridized carbons (Fsp3) is 0.214. The van der Waals surface area contributed by atoms with Gasteiger partial charge in [-0.15, -0.1) is 11.3 Å². The van der Waals surface area contributed by atoms with Gasteiger partial charge < -0.3 is 5.32 Å². The molecule has 0 unspecified atom stereocenters. The van der Waals surface area contributed by atoms with Gasteiger partial charge in [0.15, 0.2) is 0 Å². The number of anilines is 1. The highest BCUT2D eigenvalue weighted by atomic mass is 35.5. The number of alkyl halides is 3. The van der Waals surface area contributed by atoms with E-state index in [2.05, 4.69) is 5.32 Å². The summed E-state index contributed by atoms with van der Waals surface area (Å²) in [6, 6.07) is 6.78. The number of likely N-dealkylation sites (N-methyl/N-ethyl adjacent to an activating group) is 1. The van der Waals surface area contributed by atoms with Gasteiger partial charge in [0.05, 0.1) is 16.4 Å². The number of amides is 1. The van der Waals surface area contributed by atoms with Gasteiger partial charge in [0.2, 0.25) is 5.91 Å². The van der Waals surface area contributed by atoms with Crippen LogP contribution < -0.4 is 5.32 Å². The van der Waals surface area contributed by atoms with Crippen molar-refractivity contribution in [2.24, 2.45) is 0 Å². The summed E-state index contributed by atoms with van der Waals surface area (Å²) in [6.07, 6.45) is -4.54. The number of carbonyl (C=O) groups is 1.